The molecule has 0 saturated carbocycles. The Balaban J connectivity index is 3.54. The van der Waals surface area contributed by atoms with E-state index in [1.165, 1.54) is 186 Å². The number of ether oxygens (including phenoxy) is 2. The molecular weight excluding hydrogens is 993 g/mol. The predicted octanol–water partition coefficient (Wildman–Crippen LogP) is 24.2. The molecule has 464 valence electrons. The summed E-state index contributed by atoms with van der Waals surface area (Å²) in [6, 6.07) is 0. The average molecular weight is 1120 g/mol. The van der Waals surface area contributed by atoms with E-state index in [1.54, 1.807) is 0 Å². The molecule has 0 amide bonds. The van der Waals surface area contributed by atoms with Crippen LogP contribution >= 0.6 is 0 Å². The predicted molar refractivity (Wildman–Crippen MR) is 357 cm³/mol. The molecule has 5 heteroatoms. The molecule has 0 aromatic carbocycles. The van der Waals surface area contributed by atoms with E-state index in [0.717, 1.165) is 116 Å². The molecule has 0 radical (unpaired) electrons. The zero-order chi connectivity index (χ0) is 58.4. The lowest BCUT2D eigenvalue weighted by atomic mass is 10.0. The van der Waals surface area contributed by atoms with E-state index in [-0.39, 0.29) is 25.2 Å². The van der Waals surface area contributed by atoms with Gasteiger partial charge >= 0.3 is 11.9 Å². The lowest BCUT2D eigenvalue weighted by molar-refractivity contribution is -0.161. The van der Waals surface area contributed by atoms with E-state index in [9.17, 15) is 14.7 Å². The lowest BCUT2D eigenvalue weighted by Gasteiger charge is -2.15. The first-order valence-corrected chi connectivity index (χ1v) is 34.6. The first kappa shape index (κ1) is 77.3. The van der Waals surface area contributed by atoms with Crippen LogP contribution in [0.1, 0.15) is 328 Å². The van der Waals surface area contributed by atoms with Crippen molar-refractivity contribution in [2.45, 2.75) is 335 Å². The first-order chi connectivity index (χ1) is 40.1. The van der Waals surface area contributed by atoms with Gasteiger partial charge in [-0.2, -0.15) is 0 Å². The summed E-state index contributed by atoms with van der Waals surface area (Å²) < 4.78 is 10.7. The summed E-state index contributed by atoms with van der Waals surface area (Å²) in [5, 5.41) is 9.69. The fourth-order valence-corrected chi connectivity index (χ4v) is 9.88. The Bertz CT molecular complexity index is 1600. The Morgan fingerprint density at radius 3 is 0.802 bits per heavy atom. The largest absolute Gasteiger partial charge is 0.462 e. The third-order valence-electron chi connectivity index (χ3n) is 15.0. The van der Waals surface area contributed by atoms with Crippen LogP contribution in [0.25, 0.3) is 0 Å². The molecule has 0 spiro atoms. The number of unbranched alkanes of at least 4 members (excludes halogenated alkanes) is 35. The number of rotatable bonds is 63. The van der Waals surface area contributed by atoms with Crippen LogP contribution in [-0.4, -0.2) is 36.4 Å². The molecule has 5 nitrogen and oxygen atoms in total. The van der Waals surface area contributed by atoms with Crippen molar-refractivity contribution in [3.63, 3.8) is 0 Å². The number of esters is 2. The number of allylic oxidation sites excluding steroid dienone is 20. The summed E-state index contributed by atoms with van der Waals surface area (Å²) in [6.45, 7) is 4.04. The Hall–Kier alpha value is -3.70. The van der Waals surface area contributed by atoms with Gasteiger partial charge in [0.2, 0.25) is 0 Å². The summed E-state index contributed by atoms with van der Waals surface area (Å²) in [6.07, 6.45) is 104. The Morgan fingerprint density at radius 1 is 0.296 bits per heavy atom. The van der Waals surface area contributed by atoms with Gasteiger partial charge in [-0.3, -0.25) is 9.59 Å². The van der Waals surface area contributed by atoms with E-state index >= 15 is 0 Å². The van der Waals surface area contributed by atoms with E-state index < -0.39 is 6.10 Å². The maximum absolute atomic E-state index is 12.3. The highest BCUT2D eigenvalue weighted by Crippen LogP contribution is 2.18. The number of hydrogen-bond donors (Lipinski definition) is 1. The van der Waals surface area contributed by atoms with Crippen molar-refractivity contribution in [1.82, 2.24) is 0 Å². The number of aliphatic hydroxyl groups excluding tert-OH is 1. The molecule has 81 heavy (non-hydrogen) atoms. The van der Waals surface area contributed by atoms with Gasteiger partial charge in [0.15, 0.2) is 6.10 Å². The molecule has 0 saturated heterocycles. The number of hydrogen-bond acceptors (Lipinski definition) is 5. The van der Waals surface area contributed by atoms with Gasteiger partial charge in [-0.05, 0) is 89.9 Å². The van der Waals surface area contributed by atoms with Crippen LogP contribution in [0.3, 0.4) is 0 Å². The minimum atomic E-state index is -0.794. The minimum absolute atomic E-state index is 0.0800. The second kappa shape index (κ2) is 70.6. The number of carbonyl (C=O) groups excluding carboxylic acids is 2. The highest BCUT2D eigenvalue weighted by molar-refractivity contribution is 5.70. The lowest BCUT2D eigenvalue weighted by Crippen LogP contribution is -2.28. The molecule has 0 fully saturated rings. The topological polar surface area (TPSA) is 72.8 Å². The van der Waals surface area contributed by atoms with Gasteiger partial charge < -0.3 is 14.6 Å². The molecule has 0 aliphatic carbocycles. The van der Waals surface area contributed by atoms with E-state index in [0.29, 0.717) is 12.8 Å². The third kappa shape index (κ3) is 68.7. The fourth-order valence-electron chi connectivity index (χ4n) is 9.88. The van der Waals surface area contributed by atoms with Crippen molar-refractivity contribution in [3.05, 3.63) is 122 Å². The highest BCUT2D eigenvalue weighted by Gasteiger charge is 2.16. The Kier molecular flexibility index (Phi) is 67.3. The van der Waals surface area contributed by atoms with Crippen molar-refractivity contribution in [1.29, 1.82) is 0 Å². The quantitative estimate of drug-likeness (QED) is 0.0373. The van der Waals surface area contributed by atoms with Crippen LogP contribution < -0.4 is 0 Å². The van der Waals surface area contributed by atoms with Crippen molar-refractivity contribution < 1.29 is 24.2 Å². The van der Waals surface area contributed by atoms with E-state index in [1.807, 2.05) is 0 Å². The van der Waals surface area contributed by atoms with Gasteiger partial charge in [-0.25, -0.2) is 0 Å². The zero-order valence-electron chi connectivity index (χ0n) is 53.3. The molecule has 0 heterocycles. The van der Waals surface area contributed by atoms with Crippen LogP contribution in [0.4, 0.5) is 0 Å². The molecule has 0 aromatic heterocycles. The van der Waals surface area contributed by atoms with Crippen LogP contribution in [0, 0.1) is 0 Å². The van der Waals surface area contributed by atoms with Gasteiger partial charge in [0, 0.05) is 12.8 Å². The number of aliphatic hydroxyl groups is 1. The van der Waals surface area contributed by atoms with Crippen LogP contribution in [0.15, 0.2) is 122 Å². The van der Waals surface area contributed by atoms with Crippen LogP contribution in [-0.2, 0) is 19.1 Å². The Morgan fingerprint density at radius 2 is 0.531 bits per heavy atom. The Labute approximate surface area is 503 Å². The van der Waals surface area contributed by atoms with Crippen LogP contribution in [0.5, 0.6) is 0 Å². The summed E-state index contributed by atoms with van der Waals surface area (Å²) in [5.74, 6) is -0.614. The van der Waals surface area contributed by atoms with Crippen molar-refractivity contribution >= 4 is 11.9 Å². The zero-order valence-corrected chi connectivity index (χ0v) is 53.3. The molecule has 0 aromatic rings. The summed E-state index contributed by atoms with van der Waals surface area (Å²) in [5.41, 5.74) is 0. The first-order valence-electron chi connectivity index (χ1n) is 34.6. The summed E-state index contributed by atoms with van der Waals surface area (Å²) >= 11 is 0. The second-order valence-electron chi connectivity index (χ2n) is 22.9. The van der Waals surface area contributed by atoms with Crippen LogP contribution in [0.2, 0.25) is 0 Å². The standard InChI is InChI=1S/C76H130O5/c1-3-5-7-9-11-13-15-17-19-21-23-25-27-29-31-33-35-37-38-39-41-43-45-47-49-51-53-55-57-59-61-63-65-67-69-71-76(79)81-74(72-77)73-80-75(78)70-68-66-64-62-60-58-56-54-52-50-48-46-44-42-40-36-34-32-30-28-26-24-22-20-18-16-14-12-10-8-6-4-2/h5,7,11,13,17,19,23,25,29,31,35,37,39,41,45,47,51,53,57,59,74,77H,3-4,6,8-10,12,14-16,18,20-22,24,26-28,30,32-34,36,38,40,42-44,46,48-50,52,54-56,58,60-73H2,1-2H3/b7-5-,13-11-,19-17-,25-23-,31-29-,37-35-,41-39-,47-45-,53-51-,59-57-. The van der Waals surface area contributed by atoms with E-state index in [4.69, 9.17) is 9.47 Å². The molecular formula is C76H130O5. The van der Waals surface area contributed by atoms with Gasteiger partial charge in [0.05, 0.1) is 6.61 Å². The molecule has 0 rings (SSSR count). The van der Waals surface area contributed by atoms with Crippen molar-refractivity contribution in [2.24, 2.45) is 0 Å². The molecule has 1 N–H and O–H groups in total. The molecule has 1 atom stereocenters. The van der Waals surface area contributed by atoms with Gasteiger partial charge in [-0.15, -0.1) is 0 Å². The monoisotopic (exact) mass is 1120 g/mol. The SMILES string of the molecule is CC/C=C\C/C=C\C/C=C\C/C=C\C/C=C\C/C=C\C/C=C\C/C=C\C/C=C\C/C=C\CCCCCCC(=O)OC(CO)COC(=O)CCCCCCCCCCCCCCCCCCCCCCCCCCCCCCCCCC. The number of carbonyl (C=O) groups is 2. The maximum atomic E-state index is 12.3. The summed E-state index contributed by atoms with van der Waals surface area (Å²) in [4.78, 5) is 24.6. The smallest absolute Gasteiger partial charge is 0.306 e. The second-order valence-corrected chi connectivity index (χ2v) is 22.9. The normalized spacial score (nSPS) is 13.0. The molecule has 1 unspecified atom stereocenters. The van der Waals surface area contributed by atoms with Gasteiger partial charge in [0.1, 0.15) is 6.61 Å². The van der Waals surface area contributed by atoms with Gasteiger partial charge in [-0.1, -0.05) is 347 Å². The van der Waals surface area contributed by atoms with E-state index in [2.05, 4.69) is 135 Å². The minimum Gasteiger partial charge on any atom is -0.462 e. The average Bonchev–Trinajstić information content (AvgIpc) is 3.47. The fraction of sp³-hybridized carbons (Fsp3) is 0.711. The summed E-state index contributed by atoms with van der Waals surface area (Å²) in [7, 11) is 0. The van der Waals surface area contributed by atoms with Crippen molar-refractivity contribution in [3.8, 4) is 0 Å². The maximum Gasteiger partial charge on any atom is 0.306 e. The third-order valence-corrected chi connectivity index (χ3v) is 15.0. The molecule has 0 aliphatic heterocycles. The highest BCUT2D eigenvalue weighted by atomic mass is 16.6. The molecule has 0 aliphatic rings. The van der Waals surface area contributed by atoms with Crippen molar-refractivity contribution in [2.75, 3.05) is 13.2 Å². The molecule has 0 bridgehead atoms. The van der Waals surface area contributed by atoms with Gasteiger partial charge in [0.25, 0.3) is 0 Å².